The van der Waals surface area contributed by atoms with Gasteiger partial charge in [-0.2, -0.15) is 0 Å². The minimum absolute atomic E-state index is 0.131. The van der Waals surface area contributed by atoms with Crippen LogP contribution in [0.5, 0.6) is 0 Å². The third-order valence-electron chi connectivity index (χ3n) is 4.22. The average molecular weight is 352 g/mol. The molecule has 0 amide bonds. The summed E-state index contributed by atoms with van der Waals surface area (Å²) in [6.07, 6.45) is 2.11. The van der Waals surface area contributed by atoms with Crippen LogP contribution in [0.1, 0.15) is 27.7 Å². The van der Waals surface area contributed by atoms with Crippen molar-refractivity contribution >= 4 is 5.94 Å². The monoisotopic (exact) mass is 352 g/mol. The van der Waals surface area contributed by atoms with Gasteiger partial charge in [0.25, 0.3) is 0 Å². The van der Waals surface area contributed by atoms with Crippen LogP contribution in [0, 0.1) is 0 Å². The molecule has 2 rings (SSSR count). The molecule has 7 nitrogen and oxygen atoms in total. The smallest absolute Gasteiger partial charge is 0.163 e. The van der Waals surface area contributed by atoms with Crippen LogP contribution < -0.4 is 10.6 Å². The lowest BCUT2D eigenvalue weighted by Crippen LogP contribution is -2.60. The Morgan fingerprint density at radius 1 is 1.56 bits per heavy atom. The van der Waals surface area contributed by atoms with Gasteiger partial charge in [0.1, 0.15) is 24.3 Å². The average Bonchev–Trinajstić information content (AvgIpc) is 2.86. The lowest BCUT2D eigenvalue weighted by molar-refractivity contribution is -0.170. The second-order valence-corrected chi connectivity index (χ2v) is 6.83. The topological polar surface area (TPSA) is 78.1 Å². The number of hydrogen-bond donors (Lipinski definition) is 2. The predicted molar refractivity (Wildman–Crippen MR) is 93.3 cm³/mol. The van der Waals surface area contributed by atoms with E-state index in [4.69, 9.17) is 18.9 Å². The summed E-state index contributed by atoms with van der Waals surface area (Å²) in [5, 5.41) is 6.35. The van der Waals surface area contributed by atoms with E-state index in [1.165, 1.54) is 6.20 Å². The summed E-state index contributed by atoms with van der Waals surface area (Å²) in [4.78, 5) is 10.7. The molecule has 0 aromatic heterocycles. The summed E-state index contributed by atoms with van der Waals surface area (Å²) in [6, 6.07) is -0.409. The fraction of sp³-hybridized carbons (Fsp3) is 0.667. The number of rotatable bonds is 7. The number of ether oxygens (including phenoxy) is 4. The van der Waals surface area contributed by atoms with Crippen molar-refractivity contribution in [2.45, 2.75) is 63.9 Å². The first-order valence-corrected chi connectivity index (χ1v) is 8.34. The van der Waals surface area contributed by atoms with Crippen molar-refractivity contribution in [2.75, 3.05) is 13.7 Å². The van der Waals surface area contributed by atoms with Gasteiger partial charge in [-0.3, -0.25) is 0 Å². The van der Waals surface area contributed by atoms with Crippen LogP contribution in [0.4, 0.5) is 0 Å². The Kier molecular flexibility index (Phi) is 6.30. The minimum Gasteiger partial charge on any atom is -0.490 e. The largest absolute Gasteiger partial charge is 0.490 e. The first kappa shape index (κ1) is 19.5. The second-order valence-electron chi connectivity index (χ2n) is 6.83. The van der Waals surface area contributed by atoms with Crippen LogP contribution >= 0.6 is 0 Å². The standard InChI is InChI=1S/C18H28N2O5/c1-11(2)20-13-9-12(3)24-17(15(13)19-7-8-21)16(22-6)14-10-23-18(4,5)25-14/h7,9,13-17,19-20H,1,10H2,2-6H3/t13?,14?,15?,16?,17-/m1/s1. The van der Waals surface area contributed by atoms with Gasteiger partial charge in [0.15, 0.2) is 5.79 Å². The van der Waals surface area contributed by atoms with E-state index in [1.54, 1.807) is 13.1 Å². The van der Waals surface area contributed by atoms with E-state index in [0.717, 1.165) is 11.5 Å². The van der Waals surface area contributed by atoms with E-state index in [2.05, 4.69) is 17.2 Å². The van der Waals surface area contributed by atoms with Gasteiger partial charge in [-0.05, 0) is 33.8 Å². The molecule has 0 spiro atoms. The fourth-order valence-corrected chi connectivity index (χ4v) is 3.28. The molecule has 0 saturated carbocycles. The maximum Gasteiger partial charge on any atom is 0.163 e. The van der Waals surface area contributed by atoms with E-state index in [-0.39, 0.29) is 18.2 Å². The molecule has 1 fully saturated rings. The maximum absolute atomic E-state index is 10.7. The summed E-state index contributed by atoms with van der Waals surface area (Å²) in [5.74, 6) is 1.85. The van der Waals surface area contributed by atoms with Gasteiger partial charge < -0.3 is 29.6 Å². The Bertz CT molecular complexity index is 568. The molecule has 25 heavy (non-hydrogen) atoms. The SMILES string of the molecule is C=C(C)NC1C=C(C)O[C@@H](C(OC)C2COC(C)(C)O2)C1NC=C=O. The molecule has 2 aliphatic rings. The first-order chi connectivity index (χ1) is 11.8. The predicted octanol–water partition coefficient (Wildman–Crippen LogP) is 1.25. The van der Waals surface area contributed by atoms with Gasteiger partial charge in [-0.1, -0.05) is 6.58 Å². The summed E-state index contributed by atoms with van der Waals surface area (Å²) >= 11 is 0. The Hall–Kier alpha value is -1.79. The quantitative estimate of drug-likeness (QED) is 0.668. The molecule has 140 valence electrons. The highest BCUT2D eigenvalue weighted by Crippen LogP contribution is 2.31. The lowest BCUT2D eigenvalue weighted by Gasteiger charge is -2.42. The molecule has 0 aromatic rings. The van der Waals surface area contributed by atoms with E-state index >= 15 is 0 Å². The highest BCUT2D eigenvalue weighted by Gasteiger charge is 2.47. The second kappa shape index (κ2) is 8.06. The van der Waals surface area contributed by atoms with Crippen LogP contribution in [0.25, 0.3) is 0 Å². The first-order valence-electron chi connectivity index (χ1n) is 8.34. The molecular weight excluding hydrogens is 324 g/mol. The van der Waals surface area contributed by atoms with E-state index < -0.39 is 18.0 Å². The van der Waals surface area contributed by atoms with E-state index in [9.17, 15) is 4.79 Å². The minimum atomic E-state index is -0.665. The van der Waals surface area contributed by atoms with Crippen molar-refractivity contribution in [1.29, 1.82) is 0 Å². The van der Waals surface area contributed by atoms with Crippen LogP contribution in [0.15, 0.2) is 30.3 Å². The Morgan fingerprint density at radius 3 is 2.80 bits per heavy atom. The summed E-state index contributed by atoms with van der Waals surface area (Å²) in [5.41, 5.74) is 0.812. The van der Waals surface area contributed by atoms with Crippen molar-refractivity contribution in [3.8, 4) is 0 Å². The summed E-state index contributed by atoms with van der Waals surface area (Å²) in [6.45, 7) is 11.8. The summed E-state index contributed by atoms with van der Waals surface area (Å²) < 4.78 is 23.4. The third kappa shape index (κ3) is 4.86. The molecule has 0 radical (unpaired) electrons. The summed E-state index contributed by atoms with van der Waals surface area (Å²) in [7, 11) is 1.62. The normalized spacial score (nSPS) is 32.0. The van der Waals surface area contributed by atoms with Gasteiger partial charge in [0, 0.05) is 12.8 Å². The van der Waals surface area contributed by atoms with E-state index in [1.807, 2.05) is 33.8 Å². The zero-order valence-electron chi connectivity index (χ0n) is 15.5. The van der Waals surface area contributed by atoms with Crippen molar-refractivity contribution in [1.82, 2.24) is 10.6 Å². The number of allylic oxidation sites excluding steroid dienone is 2. The Labute approximate surface area is 149 Å². The zero-order chi connectivity index (χ0) is 18.6. The molecule has 0 aromatic carbocycles. The van der Waals surface area contributed by atoms with Gasteiger partial charge in [-0.25, -0.2) is 4.79 Å². The van der Waals surface area contributed by atoms with Gasteiger partial charge >= 0.3 is 0 Å². The maximum atomic E-state index is 10.7. The molecule has 0 aliphatic carbocycles. The molecule has 7 heteroatoms. The fourth-order valence-electron chi connectivity index (χ4n) is 3.28. The van der Waals surface area contributed by atoms with Crippen molar-refractivity contribution in [2.24, 2.45) is 0 Å². The van der Waals surface area contributed by atoms with E-state index in [0.29, 0.717) is 6.61 Å². The molecule has 2 heterocycles. The van der Waals surface area contributed by atoms with Gasteiger partial charge in [0.2, 0.25) is 0 Å². The zero-order valence-corrected chi connectivity index (χ0v) is 15.5. The molecule has 5 atom stereocenters. The number of methoxy groups -OCH3 is 1. The Morgan fingerprint density at radius 2 is 2.28 bits per heavy atom. The molecule has 2 aliphatic heterocycles. The van der Waals surface area contributed by atoms with Crippen molar-refractivity contribution < 1.29 is 23.7 Å². The highest BCUT2D eigenvalue weighted by atomic mass is 16.8. The van der Waals surface area contributed by atoms with Crippen molar-refractivity contribution in [3.63, 3.8) is 0 Å². The Balaban J connectivity index is 2.28. The van der Waals surface area contributed by atoms with Gasteiger partial charge in [0.05, 0.1) is 30.6 Å². The molecule has 1 saturated heterocycles. The van der Waals surface area contributed by atoms with Crippen LogP contribution in [-0.4, -0.2) is 55.8 Å². The van der Waals surface area contributed by atoms with Crippen LogP contribution in [0.3, 0.4) is 0 Å². The number of hydrogen-bond acceptors (Lipinski definition) is 7. The number of nitrogens with one attached hydrogen (secondary N) is 2. The molecular formula is C18H28N2O5. The molecule has 2 N–H and O–H groups in total. The lowest BCUT2D eigenvalue weighted by atomic mass is 9.92. The highest BCUT2D eigenvalue weighted by molar-refractivity contribution is 5.44. The van der Waals surface area contributed by atoms with Crippen LogP contribution in [-0.2, 0) is 23.7 Å². The third-order valence-corrected chi connectivity index (χ3v) is 4.22. The number of carbonyl (C=O) groups excluding carboxylic acids is 1. The molecule has 0 bridgehead atoms. The molecule has 4 unspecified atom stereocenters. The van der Waals surface area contributed by atoms with Crippen molar-refractivity contribution in [3.05, 3.63) is 30.3 Å². The van der Waals surface area contributed by atoms with Gasteiger partial charge in [-0.15, -0.1) is 0 Å². The van der Waals surface area contributed by atoms with Crippen LogP contribution in [0.2, 0.25) is 0 Å².